The van der Waals surface area contributed by atoms with Gasteiger partial charge in [-0.15, -0.1) is 0 Å². The lowest BCUT2D eigenvalue weighted by atomic mass is 10.1. The van der Waals surface area contributed by atoms with Crippen LogP contribution in [0.1, 0.15) is 23.9 Å². The second-order valence-corrected chi connectivity index (χ2v) is 6.47. The van der Waals surface area contributed by atoms with Crippen molar-refractivity contribution in [3.8, 4) is 0 Å². The summed E-state index contributed by atoms with van der Waals surface area (Å²) in [4.78, 5) is 30.9. The van der Waals surface area contributed by atoms with Crippen molar-refractivity contribution < 1.29 is 9.59 Å². The highest BCUT2D eigenvalue weighted by Gasteiger charge is 2.29. The summed E-state index contributed by atoms with van der Waals surface area (Å²) in [5.74, 6) is 0.850. The van der Waals surface area contributed by atoms with Crippen LogP contribution >= 0.6 is 0 Å². The van der Waals surface area contributed by atoms with E-state index in [0.29, 0.717) is 32.5 Å². The fourth-order valence-corrected chi connectivity index (χ4v) is 3.23. The summed E-state index contributed by atoms with van der Waals surface area (Å²) in [7, 11) is 1.93. The van der Waals surface area contributed by atoms with Gasteiger partial charge >= 0.3 is 0 Å². The maximum Gasteiger partial charge on any atom is 0.225 e. The second kappa shape index (κ2) is 8.62. The molecule has 3 rings (SSSR count). The number of carbonyl (C=O) groups excluding carboxylic acids is 2. The maximum absolute atomic E-state index is 12.7. The Hall–Kier alpha value is -2.67. The first-order valence-electron chi connectivity index (χ1n) is 8.93. The van der Waals surface area contributed by atoms with Gasteiger partial charge in [0.05, 0.1) is 6.42 Å². The Morgan fingerprint density at radius 2 is 2.12 bits per heavy atom. The van der Waals surface area contributed by atoms with Gasteiger partial charge in [-0.05, 0) is 5.56 Å². The predicted octanol–water partition coefficient (Wildman–Crippen LogP) is 0.642. The van der Waals surface area contributed by atoms with Crippen LogP contribution in [0.15, 0.2) is 42.7 Å². The average Bonchev–Trinajstić information content (AvgIpc) is 3.08. The number of rotatable bonds is 6. The molecule has 26 heavy (non-hydrogen) atoms. The minimum atomic E-state index is -0.0729. The van der Waals surface area contributed by atoms with Crippen molar-refractivity contribution in [2.75, 3.05) is 26.2 Å². The maximum atomic E-state index is 12.7. The molecule has 1 atom stereocenters. The van der Waals surface area contributed by atoms with E-state index < -0.39 is 0 Å². The van der Waals surface area contributed by atoms with Crippen LogP contribution in [0, 0.1) is 0 Å². The number of hydrogen-bond acceptors (Lipinski definition) is 4. The summed E-state index contributed by atoms with van der Waals surface area (Å²) in [6.45, 7) is 2.46. The number of piperazine rings is 1. The Morgan fingerprint density at radius 1 is 1.31 bits per heavy atom. The summed E-state index contributed by atoms with van der Waals surface area (Å²) in [6.07, 6.45) is 4.26. The predicted molar refractivity (Wildman–Crippen MR) is 98.3 cm³/mol. The highest BCUT2D eigenvalue weighted by Crippen LogP contribution is 2.21. The zero-order chi connectivity index (χ0) is 18.4. The van der Waals surface area contributed by atoms with Crippen molar-refractivity contribution in [1.82, 2.24) is 25.1 Å². The van der Waals surface area contributed by atoms with Crippen LogP contribution in [0.3, 0.4) is 0 Å². The Kier molecular flexibility index (Phi) is 6.01. The van der Waals surface area contributed by atoms with Gasteiger partial charge in [0.25, 0.3) is 0 Å². The molecule has 2 amide bonds. The van der Waals surface area contributed by atoms with Gasteiger partial charge < -0.3 is 20.1 Å². The number of benzene rings is 1. The first-order valence-corrected chi connectivity index (χ1v) is 8.93. The summed E-state index contributed by atoms with van der Waals surface area (Å²) < 4.78 is 1.94. The van der Waals surface area contributed by atoms with E-state index in [2.05, 4.69) is 15.6 Å². The van der Waals surface area contributed by atoms with Crippen LogP contribution in [-0.4, -0.2) is 52.4 Å². The molecule has 1 aliphatic rings. The van der Waals surface area contributed by atoms with E-state index in [4.69, 9.17) is 0 Å². The highest BCUT2D eigenvalue weighted by atomic mass is 16.2. The second-order valence-electron chi connectivity index (χ2n) is 6.47. The molecule has 1 aliphatic heterocycles. The monoisotopic (exact) mass is 355 g/mol. The van der Waals surface area contributed by atoms with Gasteiger partial charge in [0.2, 0.25) is 11.8 Å². The minimum Gasteiger partial charge on any atom is -0.355 e. The first-order chi connectivity index (χ1) is 12.6. The standard InChI is InChI=1S/C19H25N5O2/c1-23-11-10-22-19(23)16-14-20-9-12-24(16)18(26)7-8-21-17(25)13-15-5-3-2-4-6-15/h2-6,10-11,16,20H,7-9,12-14H2,1H3,(H,21,25). The van der Waals surface area contributed by atoms with Gasteiger partial charge in [0.15, 0.2) is 0 Å². The lowest BCUT2D eigenvalue weighted by Gasteiger charge is -2.35. The Labute approximate surface area is 153 Å². The molecule has 1 fully saturated rings. The number of imidazole rings is 1. The zero-order valence-electron chi connectivity index (χ0n) is 15.0. The summed E-state index contributed by atoms with van der Waals surface area (Å²) in [6, 6.07) is 9.51. The Morgan fingerprint density at radius 3 is 2.85 bits per heavy atom. The van der Waals surface area contributed by atoms with Crippen molar-refractivity contribution in [3.05, 3.63) is 54.1 Å². The van der Waals surface area contributed by atoms with E-state index in [1.807, 2.05) is 53.0 Å². The van der Waals surface area contributed by atoms with Crippen LogP contribution in [-0.2, 0) is 23.1 Å². The number of aryl methyl sites for hydroxylation is 1. The number of hydrogen-bond donors (Lipinski definition) is 2. The molecular weight excluding hydrogens is 330 g/mol. The Bertz CT molecular complexity index is 743. The summed E-state index contributed by atoms with van der Waals surface area (Å²) >= 11 is 0. The zero-order valence-corrected chi connectivity index (χ0v) is 15.0. The third-order valence-corrected chi connectivity index (χ3v) is 4.59. The van der Waals surface area contributed by atoms with E-state index in [1.54, 1.807) is 6.20 Å². The molecule has 2 N–H and O–H groups in total. The van der Waals surface area contributed by atoms with Crippen LogP contribution in [0.2, 0.25) is 0 Å². The SMILES string of the molecule is Cn1ccnc1C1CNCCN1C(=O)CCNC(=O)Cc1ccccc1. The molecule has 7 heteroatoms. The van der Waals surface area contributed by atoms with Gasteiger partial charge in [-0.3, -0.25) is 9.59 Å². The topological polar surface area (TPSA) is 79.3 Å². The van der Waals surface area contributed by atoms with Gasteiger partial charge in [-0.2, -0.15) is 0 Å². The van der Waals surface area contributed by atoms with Crippen molar-refractivity contribution in [1.29, 1.82) is 0 Å². The normalized spacial score (nSPS) is 17.1. The molecule has 0 spiro atoms. The molecule has 2 aromatic rings. The van der Waals surface area contributed by atoms with E-state index in [-0.39, 0.29) is 17.9 Å². The minimum absolute atomic E-state index is 0.0412. The van der Waals surface area contributed by atoms with Gasteiger partial charge in [0, 0.05) is 52.0 Å². The number of amides is 2. The largest absolute Gasteiger partial charge is 0.355 e. The van der Waals surface area contributed by atoms with Crippen molar-refractivity contribution >= 4 is 11.8 Å². The third kappa shape index (κ3) is 4.49. The molecular formula is C19H25N5O2. The summed E-state index contributed by atoms with van der Waals surface area (Å²) in [5, 5.41) is 6.16. The Balaban J connectivity index is 1.50. The fraction of sp³-hybridized carbons (Fsp3) is 0.421. The lowest BCUT2D eigenvalue weighted by molar-refractivity contribution is -0.134. The molecule has 0 bridgehead atoms. The highest BCUT2D eigenvalue weighted by molar-refractivity contribution is 5.80. The molecule has 1 unspecified atom stereocenters. The van der Waals surface area contributed by atoms with Crippen LogP contribution in [0.5, 0.6) is 0 Å². The van der Waals surface area contributed by atoms with Crippen LogP contribution < -0.4 is 10.6 Å². The molecule has 7 nitrogen and oxygen atoms in total. The van der Waals surface area contributed by atoms with Crippen LogP contribution in [0.4, 0.5) is 0 Å². The van der Waals surface area contributed by atoms with Gasteiger partial charge in [-0.25, -0.2) is 4.98 Å². The number of nitrogens with one attached hydrogen (secondary N) is 2. The smallest absolute Gasteiger partial charge is 0.225 e. The van der Waals surface area contributed by atoms with Crippen molar-refractivity contribution in [2.45, 2.75) is 18.9 Å². The molecule has 0 radical (unpaired) electrons. The molecule has 138 valence electrons. The fourth-order valence-electron chi connectivity index (χ4n) is 3.23. The molecule has 1 saturated heterocycles. The van der Waals surface area contributed by atoms with Gasteiger partial charge in [0.1, 0.15) is 11.9 Å². The quantitative estimate of drug-likeness (QED) is 0.797. The number of aromatic nitrogens is 2. The van der Waals surface area contributed by atoms with E-state index in [1.165, 1.54) is 0 Å². The molecule has 1 aromatic carbocycles. The molecule has 1 aromatic heterocycles. The number of nitrogens with zero attached hydrogens (tertiary/aromatic N) is 3. The van der Waals surface area contributed by atoms with E-state index >= 15 is 0 Å². The third-order valence-electron chi connectivity index (χ3n) is 4.59. The number of carbonyl (C=O) groups is 2. The molecule has 0 aliphatic carbocycles. The van der Waals surface area contributed by atoms with Crippen LogP contribution in [0.25, 0.3) is 0 Å². The average molecular weight is 355 g/mol. The summed E-state index contributed by atoms with van der Waals surface area (Å²) in [5.41, 5.74) is 0.966. The van der Waals surface area contributed by atoms with E-state index in [0.717, 1.165) is 17.9 Å². The van der Waals surface area contributed by atoms with Crippen molar-refractivity contribution in [3.63, 3.8) is 0 Å². The van der Waals surface area contributed by atoms with E-state index in [9.17, 15) is 9.59 Å². The molecule has 0 saturated carbocycles. The van der Waals surface area contributed by atoms with Crippen molar-refractivity contribution in [2.24, 2.45) is 7.05 Å². The molecule has 2 heterocycles. The first kappa shape index (κ1) is 18.1. The van der Waals surface area contributed by atoms with Gasteiger partial charge in [-0.1, -0.05) is 30.3 Å². The lowest BCUT2D eigenvalue weighted by Crippen LogP contribution is -2.50.